The lowest BCUT2D eigenvalue weighted by Gasteiger charge is -2.31. The van der Waals surface area contributed by atoms with Crippen molar-refractivity contribution in [3.05, 3.63) is 41.1 Å². The maximum absolute atomic E-state index is 13.4. The van der Waals surface area contributed by atoms with E-state index in [9.17, 15) is 18.0 Å². The van der Waals surface area contributed by atoms with Crippen molar-refractivity contribution in [1.29, 1.82) is 0 Å². The number of hydrogen-bond donors (Lipinski definition) is 2. The smallest absolute Gasteiger partial charge is 0.244 e. The van der Waals surface area contributed by atoms with Crippen LogP contribution in [0.4, 0.5) is 11.4 Å². The summed E-state index contributed by atoms with van der Waals surface area (Å²) in [7, 11) is -3.79. The zero-order chi connectivity index (χ0) is 24.5. The van der Waals surface area contributed by atoms with Gasteiger partial charge in [0.1, 0.15) is 0 Å². The van der Waals surface area contributed by atoms with Crippen LogP contribution in [0.5, 0.6) is 0 Å². The molecule has 34 heavy (non-hydrogen) atoms. The maximum atomic E-state index is 13.4. The Labute approximate surface area is 201 Å². The standard InChI is InChI=1S/C22H25N5O5S2/c1-13-20(11-19(33-13)21-24-15(3)32-26-21)34(30,31)27-10-4-5-16(12-27)22(29)25-18-8-6-17(7-9-18)23-14(2)28/h6-9,11,16H,4-5,10,12H2,1-3H3,(H,23,28)(H,25,29)/t16-/m1/s1. The van der Waals surface area contributed by atoms with E-state index < -0.39 is 15.9 Å². The van der Waals surface area contributed by atoms with E-state index in [2.05, 4.69) is 20.8 Å². The van der Waals surface area contributed by atoms with Gasteiger partial charge in [-0.25, -0.2) is 8.42 Å². The minimum atomic E-state index is -3.79. The number of benzene rings is 1. The lowest BCUT2D eigenvalue weighted by atomic mass is 9.98. The SMILES string of the molecule is CC(=O)Nc1ccc(NC(=O)[C@@H]2CCCN(S(=O)(=O)c3cc(-c4noc(C)n4)sc3C)C2)cc1. The molecule has 2 amide bonds. The number of carbonyl (C=O) groups excluding carboxylic acids is 2. The first-order valence-electron chi connectivity index (χ1n) is 10.7. The molecule has 2 N–H and O–H groups in total. The summed E-state index contributed by atoms with van der Waals surface area (Å²) >= 11 is 1.29. The van der Waals surface area contributed by atoms with Crippen molar-refractivity contribution in [3.63, 3.8) is 0 Å². The Kier molecular flexibility index (Phi) is 6.82. The Bertz CT molecular complexity index is 1310. The summed E-state index contributed by atoms with van der Waals surface area (Å²) in [5.74, 6) is -0.137. The number of nitrogens with zero attached hydrogens (tertiary/aromatic N) is 3. The molecule has 2 aromatic heterocycles. The molecule has 3 heterocycles. The van der Waals surface area contributed by atoms with Crippen LogP contribution < -0.4 is 10.6 Å². The summed E-state index contributed by atoms with van der Waals surface area (Å²) in [5.41, 5.74) is 1.20. The third-order valence-corrected chi connectivity index (χ3v) is 8.63. The molecule has 0 saturated carbocycles. The second-order valence-corrected chi connectivity index (χ2v) is 11.3. The molecule has 180 valence electrons. The molecule has 0 unspecified atom stereocenters. The fourth-order valence-electron chi connectivity index (χ4n) is 3.83. The Morgan fingerprint density at radius 3 is 2.44 bits per heavy atom. The average Bonchev–Trinajstić information content (AvgIpc) is 3.40. The zero-order valence-corrected chi connectivity index (χ0v) is 20.6. The van der Waals surface area contributed by atoms with Crippen molar-refractivity contribution in [2.24, 2.45) is 5.92 Å². The van der Waals surface area contributed by atoms with Crippen molar-refractivity contribution in [1.82, 2.24) is 14.4 Å². The lowest BCUT2D eigenvalue weighted by Crippen LogP contribution is -2.43. The average molecular weight is 504 g/mol. The summed E-state index contributed by atoms with van der Waals surface area (Å²) in [6.45, 7) is 5.29. The van der Waals surface area contributed by atoms with E-state index in [-0.39, 0.29) is 23.3 Å². The van der Waals surface area contributed by atoms with E-state index in [4.69, 9.17) is 4.52 Å². The predicted molar refractivity (Wildman–Crippen MR) is 128 cm³/mol. The highest BCUT2D eigenvalue weighted by Gasteiger charge is 2.35. The molecule has 4 rings (SSSR count). The summed E-state index contributed by atoms with van der Waals surface area (Å²) in [5, 5.41) is 9.38. The highest BCUT2D eigenvalue weighted by atomic mass is 32.2. The highest BCUT2D eigenvalue weighted by molar-refractivity contribution is 7.89. The van der Waals surface area contributed by atoms with E-state index in [0.717, 1.165) is 0 Å². The number of aryl methyl sites for hydroxylation is 2. The first-order valence-corrected chi connectivity index (χ1v) is 13.0. The van der Waals surface area contributed by atoms with Crippen molar-refractivity contribution in [2.45, 2.75) is 38.5 Å². The summed E-state index contributed by atoms with van der Waals surface area (Å²) < 4.78 is 33.2. The van der Waals surface area contributed by atoms with Gasteiger partial charge in [-0.2, -0.15) is 9.29 Å². The Morgan fingerprint density at radius 2 is 1.82 bits per heavy atom. The van der Waals surface area contributed by atoms with E-state index in [1.807, 2.05) is 0 Å². The third kappa shape index (κ3) is 5.18. The second-order valence-electron chi connectivity index (χ2n) is 8.12. The van der Waals surface area contributed by atoms with Crippen LogP contribution in [-0.2, 0) is 19.6 Å². The topological polar surface area (TPSA) is 134 Å². The molecule has 1 aliphatic rings. The number of nitrogens with one attached hydrogen (secondary N) is 2. The second kappa shape index (κ2) is 9.65. The molecule has 0 radical (unpaired) electrons. The number of hydrogen-bond acceptors (Lipinski definition) is 8. The van der Waals surface area contributed by atoms with Gasteiger partial charge in [0.25, 0.3) is 0 Å². The first kappa shape index (κ1) is 24.0. The minimum absolute atomic E-state index is 0.101. The fraction of sp³-hybridized carbons (Fsp3) is 0.364. The largest absolute Gasteiger partial charge is 0.339 e. The normalized spacial score (nSPS) is 16.9. The quantitative estimate of drug-likeness (QED) is 0.526. The molecule has 10 nitrogen and oxygen atoms in total. The molecule has 1 atom stereocenters. The molecule has 3 aromatic rings. The zero-order valence-electron chi connectivity index (χ0n) is 19.0. The third-order valence-electron chi connectivity index (χ3n) is 5.47. The van der Waals surface area contributed by atoms with Crippen molar-refractivity contribution < 1.29 is 22.5 Å². The monoisotopic (exact) mass is 503 g/mol. The highest BCUT2D eigenvalue weighted by Crippen LogP contribution is 2.35. The Morgan fingerprint density at radius 1 is 1.15 bits per heavy atom. The Balaban J connectivity index is 1.46. The molecule has 0 bridgehead atoms. The number of thiophene rings is 1. The van der Waals surface area contributed by atoms with Crippen molar-refractivity contribution in [3.8, 4) is 10.7 Å². The van der Waals surface area contributed by atoms with Gasteiger partial charge in [-0.05, 0) is 50.1 Å². The van der Waals surface area contributed by atoms with Gasteiger partial charge < -0.3 is 15.2 Å². The van der Waals surface area contributed by atoms with E-state index in [1.165, 1.54) is 22.6 Å². The van der Waals surface area contributed by atoms with Crippen LogP contribution in [0.2, 0.25) is 0 Å². The molecule has 1 aromatic carbocycles. The molecule has 0 spiro atoms. The number of aromatic nitrogens is 2. The molecule has 12 heteroatoms. The predicted octanol–water partition coefficient (Wildman–Crippen LogP) is 3.41. The number of carbonyl (C=O) groups is 2. The van der Waals surface area contributed by atoms with Crippen LogP contribution in [0, 0.1) is 19.8 Å². The Hall–Kier alpha value is -3.09. The van der Waals surface area contributed by atoms with Crippen LogP contribution in [0.25, 0.3) is 10.7 Å². The van der Waals surface area contributed by atoms with E-state index >= 15 is 0 Å². The van der Waals surface area contributed by atoms with Crippen LogP contribution >= 0.6 is 11.3 Å². The number of piperidine rings is 1. The van der Waals surface area contributed by atoms with Crippen LogP contribution in [0.1, 0.15) is 30.5 Å². The molecule has 1 aliphatic heterocycles. The molecular weight excluding hydrogens is 478 g/mol. The number of sulfonamides is 1. The molecule has 1 saturated heterocycles. The van der Waals surface area contributed by atoms with E-state index in [0.29, 0.717) is 52.2 Å². The first-order chi connectivity index (χ1) is 16.1. The molecule has 1 fully saturated rings. The van der Waals surface area contributed by atoms with Crippen molar-refractivity contribution in [2.75, 3.05) is 23.7 Å². The lowest BCUT2D eigenvalue weighted by molar-refractivity contribution is -0.121. The number of rotatable bonds is 6. The number of anilines is 2. The van der Waals surface area contributed by atoms with Crippen LogP contribution in [-0.4, -0.2) is 47.8 Å². The van der Waals surface area contributed by atoms with Crippen molar-refractivity contribution >= 4 is 44.5 Å². The van der Waals surface area contributed by atoms with Gasteiger partial charge in [-0.15, -0.1) is 11.3 Å². The van der Waals surface area contributed by atoms with E-state index in [1.54, 1.807) is 44.2 Å². The summed E-state index contributed by atoms with van der Waals surface area (Å²) in [6.07, 6.45) is 1.18. The van der Waals surface area contributed by atoms with Crippen LogP contribution in [0.15, 0.2) is 39.8 Å². The van der Waals surface area contributed by atoms with Gasteiger partial charge in [0.2, 0.25) is 33.6 Å². The van der Waals surface area contributed by atoms with Gasteiger partial charge in [-0.1, -0.05) is 5.16 Å². The maximum Gasteiger partial charge on any atom is 0.244 e. The minimum Gasteiger partial charge on any atom is -0.339 e. The van der Waals surface area contributed by atoms with Gasteiger partial charge in [0, 0.05) is 43.2 Å². The summed E-state index contributed by atoms with van der Waals surface area (Å²) in [4.78, 5) is 29.6. The van der Waals surface area contributed by atoms with Gasteiger partial charge in [-0.3, -0.25) is 9.59 Å². The van der Waals surface area contributed by atoms with Gasteiger partial charge >= 0.3 is 0 Å². The number of amides is 2. The van der Waals surface area contributed by atoms with Gasteiger partial charge in [0.15, 0.2) is 0 Å². The van der Waals surface area contributed by atoms with Gasteiger partial charge in [0.05, 0.1) is 15.7 Å². The molecule has 0 aliphatic carbocycles. The van der Waals surface area contributed by atoms with Crippen LogP contribution in [0.3, 0.4) is 0 Å². The summed E-state index contributed by atoms with van der Waals surface area (Å²) in [6, 6.07) is 8.33. The fourth-order valence-corrected chi connectivity index (χ4v) is 6.84. The molecular formula is C22H25N5O5S2.